The number of aromatic nitrogens is 1. The number of nitrogens with zero attached hydrogens (tertiary/aromatic N) is 2. The molecule has 8 nitrogen and oxygen atoms in total. The number of aryl methyl sites for hydroxylation is 1. The zero-order valence-electron chi connectivity index (χ0n) is 19.7. The van der Waals surface area contributed by atoms with Gasteiger partial charge in [-0.3, -0.25) is 14.5 Å². The lowest BCUT2D eigenvalue weighted by Gasteiger charge is -2.23. The van der Waals surface area contributed by atoms with Gasteiger partial charge in [-0.05, 0) is 49.2 Å². The monoisotopic (exact) mass is 568 g/mol. The van der Waals surface area contributed by atoms with Crippen molar-refractivity contribution in [3.63, 3.8) is 0 Å². The minimum Gasteiger partial charge on any atom is -0.494 e. The molecule has 0 saturated carbocycles. The number of thiazole rings is 1. The molecule has 3 heterocycles. The average molecular weight is 569 g/mol. The van der Waals surface area contributed by atoms with Crippen LogP contribution < -0.4 is 15.1 Å². The summed E-state index contributed by atoms with van der Waals surface area (Å²) in [6.07, 6.45) is 0.834. The topological polar surface area (TPSA) is 98.9 Å². The fourth-order valence-electron chi connectivity index (χ4n) is 4.22. The van der Waals surface area contributed by atoms with Crippen LogP contribution in [0.15, 0.2) is 56.1 Å². The van der Waals surface area contributed by atoms with E-state index in [9.17, 15) is 14.4 Å². The predicted octanol–water partition coefficient (Wildman–Crippen LogP) is 5.65. The number of ether oxygens (including phenoxy) is 2. The van der Waals surface area contributed by atoms with Crippen LogP contribution in [0.5, 0.6) is 5.75 Å². The zero-order valence-corrected chi connectivity index (χ0v) is 22.1. The number of rotatable bonds is 6. The molecule has 0 radical (unpaired) electrons. The summed E-state index contributed by atoms with van der Waals surface area (Å²) >= 11 is 4.44. The molecule has 0 bridgehead atoms. The molecular weight excluding hydrogens is 548 g/mol. The Hall–Kier alpha value is -3.50. The summed E-state index contributed by atoms with van der Waals surface area (Å²) in [5.41, 5.74) is 1.30. The summed E-state index contributed by atoms with van der Waals surface area (Å²) in [5, 5.41) is 0.616. The van der Waals surface area contributed by atoms with Gasteiger partial charge in [0.1, 0.15) is 16.2 Å². The highest BCUT2D eigenvalue weighted by atomic mass is 79.9. The van der Waals surface area contributed by atoms with E-state index in [1.165, 1.54) is 12.0 Å². The Morgan fingerprint density at radius 1 is 1.22 bits per heavy atom. The van der Waals surface area contributed by atoms with Crippen molar-refractivity contribution in [1.29, 1.82) is 0 Å². The average Bonchev–Trinajstić information content (AvgIpc) is 3.40. The van der Waals surface area contributed by atoms with Gasteiger partial charge in [0.05, 0.1) is 36.4 Å². The lowest BCUT2D eigenvalue weighted by atomic mass is 9.98. The second-order valence-corrected chi connectivity index (χ2v) is 10.1. The molecule has 0 fully saturated rings. The van der Waals surface area contributed by atoms with E-state index in [2.05, 4.69) is 20.9 Å². The van der Waals surface area contributed by atoms with Crippen molar-refractivity contribution < 1.29 is 23.5 Å². The molecule has 4 aromatic rings. The smallest absolute Gasteiger partial charge is 0.350 e. The summed E-state index contributed by atoms with van der Waals surface area (Å²) in [7, 11) is 1.29. The maximum absolute atomic E-state index is 13.8. The second-order valence-electron chi connectivity index (χ2n) is 8.22. The van der Waals surface area contributed by atoms with E-state index in [4.69, 9.17) is 13.9 Å². The Morgan fingerprint density at radius 2 is 2.03 bits per heavy atom. The van der Waals surface area contributed by atoms with E-state index >= 15 is 0 Å². The van der Waals surface area contributed by atoms with E-state index in [1.807, 2.05) is 31.2 Å². The van der Waals surface area contributed by atoms with E-state index in [0.717, 1.165) is 17.8 Å². The van der Waals surface area contributed by atoms with Crippen molar-refractivity contribution in [2.45, 2.75) is 26.3 Å². The first-order valence-electron chi connectivity index (χ1n) is 11.2. The van der Waals surface area contributed by atoms with Gasteiger partial charge in [-0.25, -0.2) is 9.78 Å². The molecule has 1 atom stereocenters. The second kappa shape index (κ2) is 9.51. The molecule has 2 aromatic heterocycles. The molecule has 5 rings (SSSR count). The van der Waals surface area contributed by atoms with Crippen molar-refractivity contribution in [2.24, 2.45) is 0 Å². The quantitative estimate of drug-likeness (QED) is 0.277. The molecule has 1 aliphatic rings. The maximum atomic E-state index is 13.8. The summed E-state index contributed by atoms with van der Waals surface area (Å²) in [5.74, 6) is -0.487. The van der Waals surface area contributed by atoms with Gasteiger partial charge < -0.3 is 13.9 Å². The number of methoxy groups -OCH3 is 1. The first-order valence-corrected chi connectivity index (χ1v) is 12.8. The Bertz CT molecular complexity index is 1580. The fraction of sp³-hybridized carbons (Fsp3) is 0.231. The number of carbonyl (C=O) groups excluding carboxylic acids is 2. The number of fused-ring (bicyclic) bond motifs is 2. The number of benzene rings is 2. The van der Waals surface area contributed by atoms with Crippen LogP contribution >= 0.6 is 27.3 Å². The largest absolute Gasteiger partial charge is 0.494 e. The van der Waals surface area contributed by atoms with Crippen molar-refractivity contribution >= 4 is 55.2 Å². The Morgan fingerprint density at radius 3 is 2.78 bits per heavy atom. The molecule has 10 heteroatoms. The minimum atomic E-state index is -0.826. The SMILES string of the molecule is CCCOc1cccc(C2c3c(oc4ccc(Br)cc4c3=O)C(=O)N2c2nc(C)c(C(=O)OC)s2)c1. The molecule has 2 aromatic carbocycles. The zero-order chi connectivity index (χ0) is 25.6. The van der Waals surface area contributed by atoms with Crippen LogP contribution in [0.3, 0.4) is 0 Å². The van der Waals surface area contributed by atoms with Crippen molar-refractivity contribution in [1.82, 2.24) is 4.98 Å². The minimum absolute atomic E-state index is 0.0489. The van der Waals surface area contributed by atoms with Crippen LogP contribution in [0, 0.1) is 6.92 Å². The summed E-state index contributed by atoms with van der Waals surface area (Å²) in [4.78, 5) is 46.0. The van der Waals surface area contributed by atoms with Gasteiger partial charge in [0, 0.05) is 4.47 Å². The number of esters is 1. The van der Waals surface area contributed by atoms with Gasteiger partial charge in [0.25, 0.3) is 5.91 Å². The number of hydrogen-bond acceptors (Lipinski definition) is 8. The third-order valence-corrected chi connectivity index (χ3v) is 7.47. The molecule has 0 saturated heterocycles. The van der Waals surface area contributed by atoms with Crippen LogP contribution in [-0.4, -0.2) is 30.6 Å². The van der Waals surface area contributed by atoms with Crippen molar-refractivity contribution in [3.8, 4) is 5.75 Å². The molecule has 1 unspecified atom stereocenters. The predicted molar refractivity (Wildman–Crippen MR) is 139 cm³/mol. The summed E-state index contributed by atoms with van der Waals surface area (Å²) < 4.78 is 17.4. The maximum Gasteiger partial charge on any atom is 0.350 e. The van der Waals surface area contributed by atoms with Gasteiger partial charge >= 0.3 is 5.97 Å². The van der Waals surface area contributed by atoms with Crippen LogP contribution in [0.25, 0.3) is 11.0 Å². The van der Waals surface area contributed by atoms with Crippen LogP contribution in [0.1, 0.15) is 56.4 Å². The van der Waals surface area contributed by atoms with Crippen molar-refractivity contribution in [2.75, 3.05) is 18.6 Å². The fourth-order valence-corrected chi connectivity index (χ4v) is 5.59. The number of carbonyl (C=O) groups is 2. The van der Waals surface area contributed by atoms with E-state index < -0.39 is 17.9 Å². The first kappa shape index (κ1) is 24.2. The summed E-state index contributed by atoms with van der Waals surface area (Å²) in [6, 6.07) is 11.5. The standard InChI is InChI=1S/C26H21BrN2O6S/c1-4-10-34-16-7-5-6-14(11-16)20-19-21(30)17-12-15(27)8-9-18(17)35-22(19)24(31)29(20)26-28-13(2)23(36-26)25(32)33-3/h5-9,11-12,20H,4,10H2,1-3H3. The lowest BCUT2D eigenvalue weighted by Crippen LogP contribution is -2.29. The van der Waals surface area contributed by atoms with Crippen LogP contribution in [0.2, 0.25) is 0 Å². The molecule has 0 N–H and O–H groups in total. The third-order valence-electron chi connectivity index (χ3n) is 5.84. The molecule has 0 aliphatic carbocycles. The molecule has 184 valence electrons. The number of hydrogen-bond donors (Lipinski definition) is 0. The first-order chi connectivity index (χ1) is 17.3. The number of halogens is 1. The Balaban J connectivity index is 1.75. The number of amides is 1. The molecule has 0 spiro atoms. The van der Waals surface area contributed by atoms with Gasteiger partial charge in [-0.2, -0.15) is 0 Å². The lowest BCUT2D eigenvalue weighted by molar-refractivity contribution is 0.0605. The van der Waals surface area contributed by atoms with Gasteiger partial charge in [0.2, 0.25) is 5.76 Å². The van der Waals surface area contributed by atoms with Crippen LogP contribution in [0.4, 0.5) is 5.13 Å². The van der Waals surface area contributed by atoms with E-state index in [1.54, 1.807) is 25.1 Å². The highest BCUT2D eigenvalue weighted by Gasteiger charge is 2.45. The Kier molecular flexibility index (Phi) is 6.40. The third kappa shape index (κ3) is 4.00. The molecule has 1 amide bonds. The van der Waals surface area contributed by atoms with E-state index in [0.29, 0.717) is 39.1 Å². The van der Waals surface area contributed by atoms with Crippen LogP contribution in [-0.2, 0) is 4.74 Å². The highest BCUT2D eigenvalue weighted by molar-refractivity contribution is 9.10. The number of anilines is 1. The summed E-state index contributed by atoms with van der Waals surface area (Å²) in [6.45, 7) is 4.21. The van der Waals surface area contributed by atoms with Gasteiger partial charge in [-0.15, -0.1) is 0 Å². The molecule has 1 aliphatic heterocycles. The van der Waals surface area contributed by atoms with E-state index in [-0.39, 0.29) is 26.8 Å². The highest BCUT2D eigenvalue weighted by Crippen LogP contribution is 2.43. The van der Waals surface area contributed by atoms with Crippen molar-refractivity contribution in [3.05, 3.63) is 84.6 Å². The van der Waals surface area contributed by atoms with Gasteiger partial charge in [0.15, 0.2) is 10.6 Å². The normalized spacial score (nSPS) is 14.8. The van der Waals surface area contributed by atoms with Gasteiger partial charge in [-0.1, -0.05) is 46.3 Å². The molecule has 36 heavy (non-hydrogen) atoms. The molecular formula is C26H21BrN2O6S. The Labute approximate surface area is 218 Å².